The highest BCUT2D eigenvalue weighted by Crippen LogP contribution is 2.29. The van der Waals surface area contributed by atoms with Crippen molar-refractivity contribution < 1.29 is 9.21 Å². The van der Waals surface area contributed by atoms with Crippen molar-refractivity contribution in [3.05, 3.63) is 99.7 Å². The molecule has 0 saturated heterocycles. The number of carbonyl (C=O) groups is 1. The molecule has 0 atom stereocenters. The van der Waals surface area contributed by atoms with Gasteiger partial charge in [0.25, 0.3) is 0 Å². The van der Waals surface area contributed by atoms with Crippen LogP contribution in [-0.2, 0) is 11.2 Å². The van der Waals surface area contributed by atoms with Crippen LogP contribution in [0.2, 0.25) is 10.0 Å². The zero-order valence-corrected chi connectivity index (χ0v) is 22.6. The van der Waals surface area contributed by atoms with Crippen LogP contribution in [0.25, 0.3) is 34.1 Å². The van der Waals surface area contributed by atoms with Crippen molar-refractivity contribution in [1.82, 2.24) is 15.0 Å². The Labute approximate surface area is 230 Å². The molecule has 2 aromatic heterocycles. The Balaban J connectivity index is 1.28. The largest absolute Gasteiger partial charge is 0.457 e. The van der Waals surface area contributed by atoms with Crippen molar-refractivity contribution >= 4 is 51.9 Å². The first-order valence-electron chi connectivity index (χ1n) is 12.4. The standard InChI is InChI=1S/C30H26Cl2N4O2/c1-3-4-5-20-6-8-24(9-7-20)36-34-27-14-19(2)26(18-28(27)35-36)33-30(37)13-11-25-10-12-29(38-25)21-15-22(31)17-23(32)16-21/h6-18H,3-5H2,1-2H3,(H,33,37)/b13-11+. The molecule has 0 saturated carbocycles. The van der Waals surface area contributed by atoms with Gasteiger partial charge < -0.3 is 9.73 Å². The molecule has 192 valence electrons. The Bertz CT molecular complexity index is 1610. The molecule has 2 heterocycles. The summed E-state index contributed by atoms with van der Waals surface area (Å²) < 4.78 is 5.83. The number of aryl methyl sites for hydroxylation is 2. The van der Waals surface area contributed by atoms with Crippen molar-refractivity contribution in [2.45, 2.75) is 33.1 Å². The third-order valence-electron chi connectivity index (χ3n) is 6.14. The smallest absolute Gasteiger partial charge is 0.248 e. The Morgan fingerprint density at radius 1 is 0.974 bits per heavy atom. The Kier molecular flexibility index (Phi) is 7.63. The summed E-state index contributed by atoms with van der Waals surface area (Å²) in [4.78, 5) is 14.3. The van der Waals surface area contributed by atoms with E-state index in [0.717, 1.165) is 28.8 Å². The number of hydrogen-bond donors (Lipinski definition) is 1. The summed E-state index contributed by atoms with van der Waals surface area (Å²) in [6.07, 6.45) is 6.45. The lowest BCUT2D eigenvalue weighted by Crippen LogP contribution is -2.08. The molecular weight excluding hydrogens is 519 g/mol. The number of nitrogens with one attached hydrogen (secondary N) is 1. The SMILES string of the molecule is CCCCc1ccc(-n2nc3cc(C)c(NC(=O)/C=C/c4ccc(-c5cc(Cl)cc(Cl)c5)o4)cc3n2)cc1. The van der Waals surface area contributed by atoms with E-state index in [9.17, 15) is 4.79 Å². The predicted molar refractivity (Wildman–Crippen MR) is 154 cm³/mol. The number of aromatic nitrogens is 3. The van der Waals surface area contributed by atoms with Crippen LogP contribution in [-0.4, -0.2) is 20.9 Å². The molecule has 0 spiro atoms. The fourth-order valence-corrected chi connectivity index (χ4v) is 4.65. The van der Waals surface area contributed by atoms with E-state index in [-0.39, 0.29) is 5.91 Å². The monoisotopic (exact) mass is 544 g/mol. The van der Waals surface area contributed by atoms with Crippen LogP contribution in [0.5, 0.6) is 0 Å². The number of halogens is 2. The maximum absolute atomic E-state index is 12.7. The molecule has 8 heteroatoms. The molecule has 0 aliphatic heterocycles. The van der Waals surface area contributed by atoms with Crippen molar-refractivity contribution in [1.29, 1.82) is 0 Å². The van der Waals surface area contributed by atoms with Crippen LogP contribution >= 0.6 is 23.2 Å². The Morgan fingerprint density at radius 3 is 2.39 bits per heavy atom. The number of nitrogens with zero attached hydrogens (tertiary/aromatic N) is 3. The van der Waals surface area contributed by atoms with E-state index in [1.807, 2.05) is 31.2 Å². The highest BCUT2D eigenvalue weighted by atomic mass is 35.5. The number of hydrogen-bond acceptors (Lipinski definition) is 4. The lowest BCUT2D eigenvalue weighted by molar-refractivity contribution is -0.111. The lowest BCUT2D eigenvalue weighted by Gasteiger charge is -2.05. The van der Waals surface area contributed by atoms with E-state index in [0.29, 0.717) is 32.8 Å². The van der Waals surface area contributed by atoms with Gasteiger partial charge in [-0.2, -0.15) is 4.80 Å². The zero-order valence-electron chi connectivity index (χ0n) is 21.0. The van der Waals surface area contributed by atoms with Crippen LogP contribution in [0, 0.1) is 6.92 Å². The van der Waals surface area contributed by atoms with Gasteiger partial charge in [0.05, 0.1) is 5.69 Å². The lowest BCUT2D eigenvalue weighted by atomic mass is 10.1. The molecular formula is C30H26Cl2N4O2. The van der Waals surface area contributed by atoms with Crippen LogP contribution in [0.1, 0.15) is 36.7 Å². The fraction of sp³-hybridized carbons (Fsp3) is 0.167. The van der Waals surface area contributed by atoms with Crippen LogP contribution in [0.4, 0.5) is 5.69 Å². The molecule has 5 rings (SSSR count). The summed E-state index contributed by atoms with van der Waals surface area (Å²) in [5, 5.41) is 13.2. The first-order chi connectivity index (χ1) is 18.4. The van der Waals surface area contributed by atoms with E-state index in [4.69, 9.17) is 27.6 Å². The van der Waals surface area contributed by atoms with E-state index in [2.05, 4.69) is 34.6 Å². The summed E-state index contributed by atoms with van der Waals surface area (Å²) in [5.41, 5.74) is 5.97. The van der Waals surface area contributed by atoms with Crippen LogP contribution in [0.3, 0.4) is 0 Å². The van der Waals surface area contributed by atoms with E-state index < -0.39 is 0 Å². The number of rotatable bonds is 8. The molecule has 0 bridgehead atoms. The van der Waals surface area contributed by atoms with Crippen molar-refractivity contribution in [2.24, 2.45) is 0 Å². The second-order valence-electron chi connectivity index (χ2n) is 9.10. The fourth-order valence-electron chi connectivity index (χ4n) is 4.12. The number of furan rings is 1. The molecule has 0 fully saturated rings. The minimum atomic E-state index is -0.286. The maximum atomic E-state index is 12.7. The summed E-state index contributed by atoms with van der Waals surface area (Å²) in [6, 6.07) is 20.8. The Morgan fingerprint density at radius 2 is 1.68 bits per heavy atom. The molecule has 3 aromatic carbocycles. The third kappa shape index (κ3) is 5.98. The molecule has 1 amide bonds. The number of amides is 1. The van der Waals surface area contributed by atoms with Gasteiger partial charge in [0, 0.05) is 27.4 Å². The van der Waals surface area contributed by atoms with Gasteiger partial charge in [0.2, 0.25) is 5.91 Å². The molecule has 6 nitrogen and oxygen atoms in total. The molecule has 0 radical (unpaired) electrons. The van der Waals surface area contributed by atoms with Crippen molar-refractivity contribution in [3.8, 4) is 17.0 Å². The summed E-state index contributed by atoms with van der Waals surface area (Å²) in [7, 11) is 0. The van der Waals surface area contributed by atoms with E-state index in [1.54, 1.807) is 41.2 Å². The second-order valence-corrected chi connectivity index (χ2v) is 9.97. The van der Waals surface area contributed by atoms with Crippen LogP contribution in [0.15, 0.2) is 77.2 Å². The topological polar surface area (TPSA) is 73.0 Å². The predicted octanol–water partition coefficient (Wildman–Crippen LogP) is 8.29. The van der Waals surface area contributed by atoms with Gasteiger partial charge in [-0.3, -0.25) is 4.79 Å². The van der Waals surface area contributed by atoms with Gasteiger partial charge in [-0.15, -0.1) is 10.2 Å². The van der Waals surface area contributed by atoms with Gasteiger partial charge in [-0.05, 0) is 91.6 Å². The van der Waals surface area contributed by atoms with Gasteiger partial charge in [-0.25, -0.2) is 0 Å². The normalized spacial score (nSPS) is 11.5. The van der Waals surface area contributed by atoms with Crippen molar-refractivity contribution in [2.75, 3.05) is 5.32 Å². The van der Waals surface area contributed by atoms with Crippen LogP contribution < -0.4 is 5.32 Å². The number of unbranched alkanes of at least 4 members (excludes halogenated alkanes) is 1. The van der Waals surface area contributed by atoms with Gasteiger partial charge in [0.15, 0.2) is 0 Å². The summed E-state index contributed by atoms with van der Waals surface area (Å²) in [5.74, 6) is 0.850. The van der Waals surface area contributed by atoms with Gasteiger partial charge in [-0.1, -0.05) is 48.7 Å². The average molecular weight is 545 g/mol. The minimum Gasteiger partial charge on any atom is -0.457 e. The molecule has 5 aromatic rings. The summed E-state index contributed by atoms with van der Waals surface area (Å²) in [6.45, 7) is 4.12. The zero-order chi connectivity index (χ0) is 26.6. The summed E-state index contributed by atoms with van der Waals surface area (Å²) >= 11 is 12.2. The number of benzene rings is 3. The maximum Gasteiger partial charge on any atom is 0.248 e. The first-order valence-corrected chi connectivity index (χ1v) is 13.2. The first kappa shape index (κ1) is 25.8. The molecule has 0 aliphatic rings. The average Bonchev–Trinajstić information content (AvgIpc) is 3.53. The molecule has 0 aliphatic carbocycles. The Hall–Kier alpha value is -3.87. The van der Waals surface area contributed by atoms with Crippen molar-refractivity contribution in [3.63, 3.8) is 0 Å². The molecule has 1 N–H and O–H groups in total. The highest BCUT2D eigenvalue weighted by molar-refractivity contribution is 6.35. The number of anilines is 1. The quantitative estimate of drug-likeness (QED) is 0.199. The molecule has 0 unspecified atom stereocenters. The van der Waals surface area contributed by atoms with Gasteiger partial charge >= 0.3 is 0 Å². The second kappa shape index (κ2) is 11.3. The highest BCUT2D eigenvalue weighted by Gasteiger charge is 2.11. The number of carbonyl (C=O) groups excluding carboxylic acids is 1. The molecule has 38 heavy (non-hydrogen) atoms. The third-order valence-corrected chi connectivity index (χ3v) is 6.58. The minimum absolute atomic E-state index is 0.286. The van der Waals surface area contributed by atoms with E-state index in [1.165, 1.54) is 24.5 Å². The number of fused-ring (bicyclic) bond motifs is 1. The van der Waals surface area contributed by atoms with E-state index >= 15 is 0 Å². The van der Waals surface area contributed by atoms with Gasteiger partial charge in [0.1, 0.15) is 22.6 Å².